The number of methoxy groups -OCH3 is 1. The zero-order chi connectivity index (χ0) is 14.8. The molecule has 0 spiro atoms. The minimum absolute atomic E-state index is 0.274. The molecule has 1 heterocycles. The molecule has 0 fully saturated rings. The number of hydrogen-bond donors (Lipinski definition) is 1. The van der Waals surface area contributed by atoms with Crippen LogP contribution in [0.3, 0.4) is 0 Å². The van der Waals surface area contributed by atoms with Gasteiger partial charge in [-0.05, 0) is 17.7 Å². The van der Waals surface area contributed by atoms with Crippen LogP contribution >= 0.6 is 31.9 Å². The van der Waals surface area contributed by atoms with Crippen molar-refractivity contribution >= 4 is 31.9 Å². The number of aromatic nitrogens is 3. The van der Waals surface area contributed by atoms with Gasteiger partial charge in [-0.2, -0.15) is 13.5 Å². The molecule has 0 atom stereocenters. The van der Waals surface area contributed by atoms with Gasteiger partial charge in [-0.15, -0.1) is 0 Å². The van der Waals surface area contributed by atoms with Gasteiger partial charge >= 0.3 is 10.5 Å². The molecule has 0 aliphatic heterocycles. The molecule has 4 nitrogen and oxygen atoms in total. The normalized spacial score (nSPS) is 11.7. The predicted octanol–water partition coefficient (Wildman–Crippen LogP) is 3.09. The molecule has 0 radical (unpaired) electrons. The lowest BCUT2D eigenvalue weighted by Gasteiger charge is -2.04. The van der Waals surface area contributed by atoms with Crippen molar-refractivity contribution in [3.05, 3.63) is 41.2 Å². The largest absolute Gasteiger partial charge is 0.497 e. The Balaban J connectivity index is 2.27. The minimum Gasteiger partial charge on any atom is -0.497 e. The fourth-order valence-corrected chi connectivity index (χ4v) is 2.66. The highest BCUT2D eigenvalue weighted by Crippen LogP contribution is 2.34. The van der Waals surface area contributed by atoms with Gasteiger partial charge in [0.2, 0.25) is 0 Å². The summed E-state index contributed by atoms with van der Waals surface area (Å²) in [5.41, 5.74) is 1.02. The lowest BCUT2D eigenvalue weighted by molar-refractivity contribution is -0.751. The van der Waals surface area contributed by atoms with Gasteiger partial charge in [-0.3, -0.25) is 0 Å². The van der Waals surface area contributed by atoms with Crippen LogP contribution in [-0.2, 0) is 16.7 Å². The van der Waals surface area contributed by atoms with E-state index in [0.717, 1.165) is 11.3 Å². The Morgan fingerprint density at radius 1 is 1.35 bits per heavy atom. The molecular formula is C12H12Br2F2N3O+. The first-order chi connectivity index (χ1) is 9.45. The first-order valence-electron chi connectivity index (χ1n) is 5.69. The Labute approximate surface area is 131 Å². The van der Waals surface area contributed by atoms with E-state index in [1.165, 1.54) is 0 Å². The van der Waals surface area contributed by atoms with Gasteiger partial charge in [0.1, 0.15) is 12.3 Å². The molecule has 1 N–H and O–H groups in total. The number of hydrogen-bond acceptors (Lipinski definition) is 2. The molecule has 0 saturated heterocycles. The second-order valence-electron chi connectivity index (χ2n) is 4.07. The third kappa shape index (κ3) is 3.35. The quantitative estimate of drug-likeness (QED) is 0.606. The second kappa shape index (κ2) is 6.17. The Morgan fingerprint density at radius 3 is 2.50 bits per heavy atom. The number of ether oxygens (including phenoxy) is 1. The summed E-state index contributed by atoms with van der Waals surface area (Å²) in [6, 6.07) is 7.38. The molecule has 108 valence electrons. The fourth-order valence-electron chi connectivity index (χ4n) is 1.77. The summed E-state index contributed by atoms with van der Waals surface area (Å²) in [5.74, 6) is 0.747. The molecule has 0 saturated carbocycles. The van der Waals surface area contributed by atoms with Crippen LogP contribution in [0, 0.1) is 0 Å². The molecule has 1 aromatic carbocycles. The molecule has 0 aliphatic rings. The maximum absolute atomic E-state index is 13.3. The highest BCUT2D eigenvalue weighted by atomic mass is 79.9. The van der Waals surface area contributed by atoms with Gasteiger partial charge in [0.05, 0.1) is 12.4 Å². The number of H-pyrrole nitrogens is 1. The number of aromatic amines is 1. The molecular weight excluding hydrogens is 400 g/mol. The van der Waals surface area contributed by atoms with Gasteiger partial charge in [0.25, 0.3) is 0 Å². The van der Waals surface area contributed by atoms with Crippen molar-refractivity contribution in [2.24, 2.45) is 0 Å². The lowest BCUT2D eigenvalue weighted by Crippen LogP contribution is -2.40. The third-order valence-electron chi connectivity index (χ3n) is 2.78. The van der Waals surface area contributed by atoms with Crippen molar-refractivity contribution in [2.45, 2.75) is 16.7 Å². The van der Waals surface area contributed by atoms with Crippen molar-refractivity contribution in [2.75, 3.05) is 7.11 Å². The zero-order valence-corrected chi connectivity index (χ0v) is 13.7. The maximum Gasteiger partial charge on any atom is 0.372 e. The summed E-state index contributed by atoms with van der Waals surface area (Å²) in [5, 5.41) is 6.55. The van der Waals surface area contributed by atoms with E-state index in [9.17, 15) is 8.78 Å². The molecule has 0 unspecified atom stereocenters. The van der Waals surface area contributed by atoms with Crippen LogP contribution in [-0.4, -0.2) is 17.4 Å². The highest BCUT2D eigenvalue weighted by Gasteiger charge is 2.41. The Kier molecular flexibility index (Phi) is 4.74. The Bertz CT molecular complexity index is 581. The maximum atomic E-state index is 13.3. The summed E-state index contributed by atoms with van der Waals surface area (Å²) < 4.78 is 33.3. The standard InChI is InChI=1S/C12H11Br2F2N3O/c1-20-9-4-2-8(3-5-9)7-19-10(6-13)11(17-18-19)12(14,15)16/h2-5H,6-7H2,1H3/p+1. The monoisotopic (exact) mass is 410 g/mol. The van der Waals surface area contributed by atoms with Crippen LogP contribution in [0.2, 0.25) is 0 Å². The third-order valence-corrected chi connectivity index (χ3v) is 3.68. The van der Waals surface area contributed by atoms with E-state index in [1.54, 1.807) is 11.8 Å². The van der Waals surface area contributed by atoms with Crippen LogP contribution < -0.4 is 9.42 Å². The first kappa shape index (κ1) is 15.4. The molecule has 0 amide bonds. The molecule has 0 bridgehead atoms. The van der Waals surface area contributed by atoms with Crippen molar-refractivity contribution in [3.8, 4) is 5.75 Å². The van der Waals surface area contributed by atoms with Crippen molar-refractivity contribution in [1.82, 2.24) is 10.3 Å². The smallest absolute Gasteiger partial charge is 0.372 e. The molecule has 1 aromatic heterocycles. The SMILES string of the molecule is COc1ccc(C[n+]2[nH]nc(C(F)(F)Br)c2CBr)cc1. The summed E-state index contributed by atoms with van der Waals surface area (Å²) >= 11 is 5.54. The van der Waals surface area contributed by atoms with E-state index < -0.39 is 4.83 Å². The molecule has 0 aliphatic carbocycles. The second-order valence-corrected chi connectivity index (χ2v) is 5.63. The van der Waals surface area contributed by atoms with Crippen LogP contribution in [0.4, 0.5) is 8.78 Å². The van der Waals surface area contributed by atoms with Gasteiger partial charge in [-0.25, -0.2) is 0 Å². The topological polar surface area (TPSA) is 41.8 Å². The number of benzene rings is 1. The van der Waals surface area contributed by atoms with E-state index in [4.69, 9.17) is 4.74 Å². The van der Waals surface area contributed by atoms with Crippen LogP contribution in [0.15, 0.2) is 24.3 Å². The summed E-state index contributed by atoms with van der Waals surface area (Å²) in [6.45, 7) is 0.418. The number of alkyl halides is 4. The average Bonchev–Trinajstić information content (AvgIpc) is 2.82. The first-order valence-corrected chi connectivity index (χ1v) is 7.60. The number of nitrogens with one attached hydrogen (secondary N) is 1. The van der Waals surface area contributed by atoms with Crippen LogP contribution in [0.5, 0.6) is 5.75 Å². The molecule has 2 rings (SSSR count). The van der Waals surface area contributed by atoms with Gasteiger partial charge in [0.15, 0.2) is 5.69 Å². The molecule has 20 heavy (non-hydrogen) atoms. The summed E-state index contributed by atoms with van der Waals surface area (Å²) in [4.78, 5) is -3.15. The number of halogens is 4. The van der Waals surface area contributed by atoms with Crippen molar-refractivity contribution in [3.63, 3.8) is 0 Å². The van der Waals surface area contributed by atoms with Gasteiger partial charge in [-0.1, -0.05) is 33.3 Å². The molecule has 8 heteroatoms. The average molecular weight is 412 g/mol. The Hall–Kier alpha value is -1.02. The highest BCUT2D eigenvalue weighted by molar-refractivity contribution is 9.09. The predicted molar refractivity (Wildman–Crippen MR) is 76.3 cm³/mol. The van der Waals surface area contributed by atoms with E-state index in [0.29, 0.717) is 12.2 Å². The summed E-state index contributed by atoms with van der Waals surface area (Å²) in [6.07, 6.45) is 0. The van der Waals surface area contributed by atoms with Gasteiger partial charge in [0, 0.05) is 21.0 Å². The van der Waals surface area contributed by atoms with Gasteiger partial charge < -0.3 is 4.74 Å². The van der Waals surface area contributed by atoms with Crippen molar-refractivity contribution in [1.29, 1.82) is 0 Å². The summed E-state index contributed by atoms with van der Waals surface area (Å²) in [7, 11) is 1.59. The zero-order valence-electron chi connectivity index (χ0n) is 10.5. The van der Waals surface area contributed by atoms with Crippen molar-refractivity contribution < 1.29 is 18.2 Å². The van der Waals surface area contributed by atoms with Crippen LogP contribution in [0.25, 0.3) is 0 Å². The van der Waals surface area contributed by atoms with Crippen LogP contribution in [0.1, 0.15) is 17.0 Å². The van der Waals surface area contributed by atoms with E-state index in [2.05, 4.69) is 42.2 Å². The van der Waals surface area contributed by atoms with E-state index in [-0.39, 0.29) is 11.0 Å². The van der Waals surface area contributed by atoms with E-state index in [1.807, 2.05) is 24.3 Å². The minimum atomic E-state index is -3.15. The number of rotatable bonds is 5. The Morgan fingerprint density at radius 2 is 2.00 bits per heavy atom. The molecule has 2 aromatic rings. The lowest BCUT2D eigenvalue weighted by atomic mass is 10.2. The fraction of sp³-hybridized carbons (Fsp3) is 0.333. The number of nitrogens with zero attached hydrogens (tertiary/aromatic N) is 2. The van der Waals surface area contributed by atoms with E-state index >= 15 is 0 Å².